The predicted molar refractivity (Wildman–Crippen MR) is 58.8 cm³/mol. The van der Waals surface area contributed by atoms with E-state index in [9.17, 15) is 9.18 Å². The Bertz CT molecular complexity index is 497. The summed E-state index contributed by atoms with van der Waals surface area (Å²) in [6, 6.07) is 8.34. The Morgan fingerprint density at radius 2 is 2.12 bits per heavy atom. The zero-order chi connectivity index (χ0) is 11.4. The first-order chi connectivity index (χ1) is 7.79. The second-order valence-corrected chi connectivity index (χ2v) is 3.51. The molecule has 0 saturated heterocycles. The summed E-state index contributed by atoms with van der Waals surface area (Å²) in [4.78, 5) is 14.6. The van der Waals surface area contributed by atoms with Crippen molar-refractivity contribution in [3.05, 3.63) is 65.2 Å². The van der Waals surface area contributed by atoms with E-state index in [-0.39, 0.29) is 5.56 Å². The van der Waals surface area contributed by atoms with Crippen LogP contribution in [0.1, 0.15) is 21.5 Å². The quantitative estimate of drug-likeness (QED) is 0.737. The van der Waals surface area contributed by atoms with E-state index < -0.39 is 5.82 Å². The van der Waals surface area contributed by atoms with E-state index in [1.807, 2.05) is 12.1 Å². The van der Waals surface area contributed by atoms with Crippen molar-refractivity contribution >= 4 is 6.29 Å². The zero-order valence-corrected chi connectivity index (χ0v) is 8.56. The molecule has 0 aliphatic carbocycles. The van der Waals surface area contributed by atoms with Crippen molar-refractivity contribution in [2.24, 2.45) is 0 Å². The Morgan fingerprint density at radius 1 is 1.25 bits per heavy atom. The molecule has 16 heavy (non-hydrogen) atoms. The fourth-order valence-corrected chi connectivity index (χ4v) is 1.53. The van der Waals surface area contributed by atoms with Crippen molar-refractivity contribution in [2.75, 3.05) is 0 Å². The van der Waals surface area contributed by atoms with E-state index >= 15 is 0 Å². The standard InChI is InChI=1S/C13H10FNO/c14-13-4-3-10(7-12(13)9-16)6-11-2-1-5-15-8-11/h1-5,7-9H,6H2. The van der Waals surface area contributed by atoms with Crippen molar-refractivity contribution in [3.8, 4) is 0 Å². The molecule has 0 unspecified atom stereocenters. The van der Waals surface area contributed by atoms with E-state index in [2.05, 4.69) is 4.98 Å². The van der Waals surface area contributed by atoms with Crippen LogP contribution in [0.15, 0.2) is 42.7 Å². The van der Waals surface area contributed by atoms with Gasteiger partial charge in [-0.2, -0.15) is 0 Å². The molecule has 0 radical (unpaired) electrons. The second-order valence-electron chi connectivity index (χ2n) is 3.51. The lowest BCUT2D eigenvalue weighted by molar-refractivity contribution is 0.111. The Labute approximate surface area is 92.8 Å². The third-order valence-electron chi connectivity index (χ3n) is 2.32. The van der Waals surface area contributed by atoms with Gasteiger partial charge >= 0.3 is 0 Å². The molecule has 0 spiro atoms. The van der Waals surface area contributed by atoms with Crippen molar-refractivity contribution in [1.29, 1.82) is 0 Å². The van der Waals surface area contributed by atoms with Crippen LogP contribution < -0.4 is 0 Å². The van der Waals surface area contributed by atoms with Gasteiger partial charge in [0.1, 0.15) is 5.82 Å². The summed E-state index contributed by atoms with van der Waals surface area (Å²) in [6.07, 6.45) is 4.63. The molecule has 2 aromatic rings. The number of nitrogens with zero attached hydrogens (tertiary/aromatic N) is 1. The highest BCUT2D eigenvalue weighted by atomic mass is 19.1. The molecule has 0 saturated carbocycles. The van der Waals surface area contributed by atoms with Crippen LogP contribution in [0.2, 0.25) is 0 Å². The zero-order valence-electron chi connectivity index (χ0n) is 8.56. The van der Waals surface area contributed by atoms with Gasteiger partial charge in [0.2, 0.25) is 0 Å². The van der Waals surface area contributed by atoms with Crippen LogP contribution >= 0.6 is 0 Å². The number of aldehydes is 1. The van der Waals surface area contributed by atoms with Crippen molar-refractivity contribution in [2.45, 2.75) is 6.42 Å². The number of aromatic nitrogens is 1. The smallest absolute Gasteiger partial charge is 0.153 e. The topological polar surface area (TPSA) is 30.0 Å². The van der Waals surface area contributed by atoms with E-state index in [1.54, 1.807) is 24.5 Å². The molecule has 0 N–H and O–H groups in total. The number of halogens is 1. The molecule has 1 heterocycles. The van der Waals surface area contributed by atoms with E-state index in [0.717, 1.165) is 11.1 Å². The number of hydrogen-bond acceptors (Lipinski definition) is 2. The van der Waals surface area contributed by atoms with Crippen LogP contribution in [-0.2, 0) is 6.42 Å². The summed E-state index contributed by atoms with van der Waals surface area (Å²) in [6.45, 7) is 0. The van der Waals surface area contributed by atoms with Gasteiger partial charge in [-0.3, -0.25) is 9.78 Å². The molecule has 2 nitrogen and oxygen atoms in total. The molecule has 2 rings (SSSR count). The molecule has 0 aliphatic rings. The second kappa shape index (κ2) is 4.66. The lowest BCUT2D eigenvalue weighted by atomic mass is 10.0. The largest absolute Gasteiger partial charge is 0.298 e. The molecular weight excluding hydrogens is 205 g/mol. The van der Waals surface area contributed by atoms with Gasteiger partial charge in [0.15, 0.2) is 6.29 Å². The molecule has 3 heteroatoms. The van der Waals surface area contributed by atoms with Gasteiger partial charge in [0.25, 0.3) is 0 Å². The van der Waals surface area contributed by atoms with Crippen LogP contribution in [0.4, 0.5) is 4.39 Å². The normalized spacial score (nSPS) is 10.1. The summed E-state index contributed by atoms with van der Waals surface area (Å²) in [5.74, 6) is -0.482. The lowest BCUT2D eigenvalue weighted by Crippen LogP contribution is -1.93. The van der Waals surface area contributed by atoms with Crippen LogP contribution in [0, 0.1) is 5.82 Å². The number of carbonyl (C=O) groups is 1. The minimum absolute atomic E-state index is 0.0985. The number of benzene rings is 1. The molecule has 0 atom stereocenters. The lowest BCUT2D eigenvalue weighted by Gasteiger charge is -2.02. The first-order valence-electron chi connectivity index (χ1n) is 4.92. The summed E-state index contributed by atoms with van der Waals surface area (Å²) in [5, 5.41) is 0. The van der Waals surface area contributed by atoms with E-state index in [1.165, 1.54) is 6.07 Å². The summed E-state index contributed by atoms with van der Waals surface area (Å²) in [5.41, 5.74) is 2.03. The van der Waals surface area contributed by atoms with Gasteiger partial charge in [-0.15, -0.1) is 0 Å². The van der Waals surface area contributed by atoms with Gasteiger partial charge in [-0.05, 0) is 35.7 Å². The van der Waals surface area contributed by atoms with Crippen molar-refractivity contribution < 1.29 is 9.18 Å². The Morgan fingerprint density at radius 3 is 2.81 bits per heavy atom. The van der Waals surface area contributed by atoms with Crippen molar-refractivity contribution in [3.63, 3.8) is 0 Å². The molecule has 0 amide bonds. The highest BCUT2D eigenvalue weighted by molar-refractivity contribution is 5.75. The number of pyridine rings is 1. The SMILES string of the molecule is O=Cc1cc(Cc2cccnc2)ccc1F. The first kappa shape index (κ1) is 10.5. The molecule has 0 bridgehead atoms. The van der Waals surface area contributed by atoms with Gasteiger partial charge in [0.05, 0.1) is 5.56 Å². The van der Waals surface area contributed by atoms with Gasteiger partial charge in [-0.25, -0.2) is 4.39 Å². The molecular formula is C13H10FNO. The van der Waals surface area contributed by atoms with Gasteiger partial charge in [0, 0.05) is 12.4 Å². The maximum atomic E-state index is 13.1. The number of rotatable bonds is 3. The molecule has 0 fully saturated rings. The minimum Gasteiger partial charge on any atom is -0.298 e. The maximum Gasteiger partial charge on any atom is 0.153 e. The first-order valence-corrected chi connectivity index (χ1v) is 4.92. The van der Waals surface area contributed by atoms with Crippen LogP contribution in [0.3, 0.4) is 0 Å². The molecule has 80 valence electrons. The van der Waals surface area contributed by atoms with E-state index in [0.29, 0.717) is 12.7 Å². The third-order valence-corrected chi connectivity index (χ3v) is 2.32. The minimum atomic E-state index is -0.482. The van der Waals surface area contributed by atoms with Crippen molar-refractivity contribution in [1.82, 2.24) is 4.98 Å². The van der Waals surface area contributed by atoms with Crippen LogP contribution in [0.25, 0.3) is 0 Å². The van der Waals surface area contributed by atoms with Gasteiger partial charge in [-0.1, -0.05) is 12.1 Å². The monoisotopic (exact) mass is 215 g/mol. The highest BCUT2D eigenvalue weighted by Crippen LogP contribution is 2.12. The summed E-state index contributed by atoms with van der Waals surface area (Å²) >= 11 is 0. The Hall–Kier alpha value is -2.03. The maximum absolute atomic E-state index is 13.1. The van der Waals surface area contributed by atoms with E-state index in [4.69, 9.17) is 0 Å². The average molecular weight is 215 g/mol. The third kappa shape index (κ3) is 2.31. The summed E-state index contributed by atoms with van der Waals surface area (Å²) in [7, 11) is 0. The highest BCUT2D eigenvalue weighted by Gasteiger charge is 2.03. The number of hydrogen-bond donors (Lipinski definition) is 0. The van der Waals surface area contributed by atoms with Crippen LogP contribution in [-0.4, -0.2) is 11.3 Å². The molecule has 0 aliphatic heterocycles. The van der Waals surface area contributed by atoms with Gasteiger partial charge < -0.3 is 0 Å². The fourth-order valence-electron chi connectivity index (χ4n) is 1.53. The molecule has 1 aromatic carbocycles. The average Bonchev–Trinajstić information content (AvgIpc) is 2.33. The fraction of sp³-hybridized carbons (Fsp3) is 0.0769. The summed E-state index contributed by atoms with van der Waals surface area (Å²) < 4.78 is 13.1. The Balaban J connectivity index is 2.26. The molecule has 1 aromatic heterocycles. The number of carbonyl (C=O) groups excluding carboxylic acids is 1. The Kier molecular flexibility index (Phi) is 3.05. The predicted octanol–water partition coefficient (Wildman–Crippen LogP) is 2.62. The van der Waals surface area contributed by atoms with Crippen LogP contribution in [0.5, 0.6) is 0 Å².